The molecular weight excluding hydrogens is 386 g/mol. The van der Waals surface area contributed by atoms with Crippen molar-refractivity contribution in [2.24, 2.45) is 0 Å². The van der Waals surface area contributed by atoms with Crippen molar-refractivity contribution in [1.29, 1.82) is 0 Å². The first kappa shape index (κ1) is 19.3. The molecule has 4 aromatic rings. The average Bonchev–Trinajstić information content (AvgIpc) is 3.35. The average molecular weight is 405 g/mol. The molecule has 0 aliphatic rings. The third-order valence-corrected chi connectivity index (χ3v) is 4.74. The molecular formula is C19H19N9O2. The maximum absolute atomic E-state index is 10.7. The lowest BCUT2D eigenvalue weighted by Crippen LogP contribution is -2.11. The Balaban J connectivity index is 1.50. The second-order valence-corrected chi connectivity index (χ2v) is 6.98. The van der Waals surface area contributed by atoms with Gasteiger partial charge < -0.3 is 5.11 Å². The van der Waals surface area contributed by atoms with Gasteiger partial charge >= 0.3 is 5.97 Å². The van der Waals surface area contributed by atoms with Crippen LogP contribution in [0.15, 0.2) is 30.7 Å². The van der Waals surface area contributed by atoms with Crippen LogP contribution >= 0.6 is 0 Å². The summed E-state index contributed by atoms with van der Waals surface area (Å²) in [5.74, 6) is -0.858. The van der Waals surface area contributed by atoms with E-state index in [2.05, 4.69) is 68.6 Å². The third-order valence-electron chi connectivity index (χ3n) is 4.74. The molecule has 1 aromatic carbocycles. The number of carbonyl (C=O) groups is 1. The van der Waals surface area contributed by atoms with Gasteiger partial charge in [0.15, 0.2) is 6.54 Å². The molecule has 0 unspecified atom stereocenters. The molecule has 1 N–H and O–H groups in total. The number of aromatic nitrogens is 9. The smallest absolute Gasteiger partial charge is 0.327 e. The highest BCUT2D eigenvalue weighted by Crippen LogP contribution is 2.18. The van der Waals surface area contributed by atoms with Gasteiger partial charge in [0.2, 0.25) is 5.82 Å². The number of aliphatic carboxylic acids is 1. The Morgan fingerprint density at radius 2 is 1.67 bits per heavy atom. The van der Waals surface area contributed by atoms with Gasteiger partial charge in [-0.3, -0.25) is 9.78 Å². The lowest BCUT2D eigenvalue weighted by Gasteiger charge is -2.08. The summed E-state index contributed by atoms with van der Waals surface area (Å²) in [7, 11) is 0. The van der Waals surface area contributed by atoms with E-state index in [1.54, 1.807) is 10.9 Å². The molecule has 0 saturated carbocycles. The number of aryl methyl sites for hydroxylation is 2. The first-order valence-electron chi connectivity index (χ1n) is 9.18. The van der Waals surface area contributed by atoms with E-state index in [4.69, 9.17) is 5.11 Å². The van der Waals surface area contributed by atoms with Crippen molar-refractivity contribution in [3.8, 4) is 22.9 Å². The van der Waals surface area contributed by atoms with Gasteiger partial charge in [-0.1, -0.05) is 17.3 Å². The van der Waals surface area contributed by atoms with Crippen LogP contribution in [0.1, 0.15) is 22.3 Å². The van der Waals surface area contributed by atoms with Crippen LogP contribution in [0.25, 0.3) is 22.9 Å². The van der Waals surface area contributed by atoms with Crippen molar-refractivity contribution in [3.05, 3.63) is 53.0 Å². The summed E-state index contributed by atoms with van der Waals surface area (Å²) in [6.07, 6.45) is 4.85. The molecule has 0 fully saturated rings. The summed E-state index contributed by atoms with van der Waals surface area (Å²) in [5.41, 5.74) is 6.49. The zero-order valence-corrected chi connectivity index (χ0v) is 16.7. The van der Waals surface area contributed by atoms with Crippen molar-refractivity contribution in [2.75, 3.05) is 0 Å². The molecule has 0 saturated heterocycles. The molecule has 11 nitrogen and oxygen atoms in total. The van der Waals surface area contributed by atoms with E-state index in [-0.39, 0.29) is 12.4 Å². The van der Waals surface area contributed by atoms with E-state index in [9.17, 15) is 4.79 Å². The summed E-state index contributed by atoms with van der Waals surface area (Å²) in [6, 6.07) is 4.31. The van der Waals surface area contributed by atoms with Crippen LogP contribution in [0.2, 0.25) is 0 Å². The number of tetrazole rings is 1. The van der Waals surface area contributed by atoms with Crippen LogP contribution in [-0.2, 0) is 17.9 Å². The Morgan fingerprint density at radius 3 is 2.33 bits per heavy atom. The SMILES string of the molecule is Cc1cc(Cn2cc(-c3cnc(-c4nnn(CC(=O)O)n4)cn3)nn2)cc(C)c1C. The highest BCUT2D eigenvalue weighted by atomic mass is 16.4. The molecule has 0 aliphatic heterocycles. The van der Waals surface area contributed by atoms with Gasteiger partial charge in [0.25, 0.3) is 0 Å². The molecule has 0 amide bonds. The predicted molar refractivity (Wildman–Crippen MR) is 105 cm³/mol. The van der Waals surface area contributed by atoms with E-state index in [0.29, 0.717) is 23.6 Å². The zero-order chi connectivity index (χ0) is 21.3. The lowest BCUT2D eigenvalue weighted by atomic mass is 10.0. The minimum Gasteiger partial charge on any atom is -0.480 e. The van der Waals surface area contributed by atoms with Gasteiger partial charge in [0, 0.05) is 0 Å². The minimum absolute atomic E-state index is 0.198. The minimum atomic E-state index is -1.06. The standard InChI is InChI=1S/C19H19N9O2/c1-11-4-14(5-12(2)13(11)3)8-27-9-17(22-25-27)15-6-21-16(7-20-15)19-23-26-28(24-19)10-18(29)30/h4-7,9H,8,10H2,1-3H3,(H,29,30). The molecule has 0 atom stereocenters. The van der Waals surface area contributed by atoms with Crippen molar-refractivity contribution in [2.45, 2.75) is 33.9 Å². The maximum Gasteiger partial charge on any atom is 0.327 e. The van der Waals surface area contributed by atoms with Crippen molar-refractivity contribution >= 4 is 5.97 Å². The van der Waals surface area contributed by atoms with Gasteiger partial charge in [-0.2, -0.15) is 4.80 Å². The quantitative estimate of drug-likeness (QED) is 0.505. The molecule has 0 radical (unpaired) electrons. The fourth-order valence-corrected chi connectivity index (χ4v) is 3.01. The fraction of sp³-hybridized carbons (Fsp3) is 0.263. The van der Waals surface area contributed by atoms with Crippen molar-refractivity contribution in [3.63, 3.8) is 0 Å². The predicted octanol–water partition coefficient (Wildman–Crippen LogP) is 1.45. The zero-order valence-electron chi connectivity index (χ0n) is 16.7. The Bertz CT molecular complexity index is 1190. The summed E-state index contributed by atoms with van der Waals surface area (Å²) in [5, 5.41) is 28.6. The summed E-state index contributed by atoms with van der Waals surface area (Å²) >= 11 is 0. The summed E-state index contributed by atoms with van der Waals surface area (Å²) in [6.45, 7) is 6.56. The molecule has 30 heavy (non-hydrogen) atoms. The van der Waals surface area contributed by atoms with E-state index < -0.39 is 5.97 Å². The summed E-state index contributed by atoms with van der Waals surface area (Å²) in [4.78, 5) is 20.3. The van der Waals surface area contributed by atoms with Crippen molar-refractivity contribution in [1.82, 2.24) is 45.2 Å². The molecule has 3 heterocycles. The van der Waals surface area contributed by atoms with Crippen LogP contribution in [0.3, 0.4) is 0 Å². The molecule has 0 bridgehead atoms. The number of benzene rings is 1. The topological polar surface area (TPSA) is 137 Å². The molecule has 0 spiro atoms. The number of hydrogen-bond donors (Lipinski definition) is 1. The van der Waals surface area contributed by atoms with Gasteiger partial charge in [-0.15, -0.1) is 15.3 Å². The normalized spacial score (nSPS) is 11.0. The highest BCUT2D eigenvalue weighted by Gasteiger charge is 2.12. The second kappa shape index (κ2) is 7.78. The van der Waals surface area contributed by atoms with E-state index in [1.165, 1.54) is 22.9 Å². The first-order valence-corrected chi connectivity index (χ1v) is 9.18. The highest BCUT2D eigenvalue weighted by molar-refractivity contribution is 5.66. The van der Waals surface area contributed by atoms with Crippen LogP contribution in [0.5, 0.6) is 0 Å². The van der Waals surface area contributed by atoms with Gasteiger partial charge in [0.1, 0.15) is 17.1 Å². The van der Waals surface area contributed by atoms with Crippen LogP contribution < -0.4 is 0 Å². The fourth-order valence-electron chi connectivity index (χ4n) is 3.01. The molecule has 0 aliphatic carbocycles. The van der Waals surface area contributed by atoms with E-state index in [0.717, 1.165) is 10.4 Å². The monoisotopic (exact) mass is 405 g/mol. The number of carboxylic acid groups (broad SMARTS) is 1. The number of hydrogen-bond acceptors (Lipinski definition) is 8. The Hall–Kier alpha value is -4.02. The van der Waals surface area contributed by atoms with Crippen LogP contribution in [-0.4, -0.2) is 56.2 Å². The van der Waals surface area contributed by atoms with E-state index >= 15 is 0 Å². The maximum atomic E-state index is 10.7. The number of rotatable bonds is 6. The Labute approximate surface area is 171 Å². The van der Waals surface area contributed by atoms with Crippen molar-refractivity contribution < 1.29 is 9.90 Å². The van der Waals surface area contributed by atoms with Crippen LogP contribution in [0, 0.1) is 20.8 Å². The Kier molecular flexibility index (Phi) is 5.00. The first-order chi connectivity index (χ1) is 14.4. The largest absolute Gasteiger partial charge is 0.480 e. The molecule has 152 valence electrons. The molecule has 4 rings (SSSR count). The molecule has 11 heteroatoms. The number of carboxylic acids is 1. The van der Waals surface area contributed by atoms with Crippen LogP contribution in [0.4, 0.5) is 0 Å². The Morgan fingerprint density at radius 1 is 0.967 bits per heavy atom. The van der Waals surface area contributed by atoms with Gasteiger partial charge in [-0.05, 0) is 48.2 Å². The lowest BCUT2D eigenvalue weighted by molar-refractivity contribution is -0.138. The van der Waals surface area contributed by atoms with Gasteiger partial charge in [-0.25, -0.2) is 9.67 Å². The van der Waals surface area contributed by atoms with E-state index in [1.807, 2.05) is 6.20 Å². The third kappa shape index (κ3) is 4.04. The van der Waals surface area contributed by atoms with Gasteiger partial charge in [0.05, 0.1) is 25.1 Å². The summed E-state index contributed by atoms with van der Waals surface area (Å²) < 4.78 is 1.76. The second-order valence-electron chi connectivity index (χ2n) is 6.98. The molecule has 3 aromatic heterocycles. The number of nitrogens with zero attached hydrogens (tertiary/aromatic N) is 9.